The first-order valence-electron chi connectivity index (χ1n) is 6.82. The number of aromatic nitrogens is 1. The van der Waals surface area contributed by atoms with Crippen LogP contribution in [0, 0.1) is 5.82 Å². The summed E-state index contributed by atoms with van der Waals surface area (Å²) in [4.78, 5) is 18.4. The Balaban J connectivity index is 1.80. The van der Waals surface area contributed by atoms with Gasteiger partial charge in [-0.25, -0.2) is 9.37 Å². The molecule has 21 heavy (non-hydrogen) atoms. The lowest BCUT2D eigenvalue weighted by Gasteiger charge is -2.19. The van der Waals surface area contributed by atoms with E-state index < -0.39 is 0 Å². The van der Waals surface area contributed by atoms with Crippen molar-refractivity contribution in [3.8, 4) is 10.6 Å². The Morgan fingerprint density at radius 1 is 1.38 bits per heavy atom. The standard InChI is InChI=1S/C15H15FN2O2S/c16-11-3-1-10(2-4-11)14-17-13(9-21-14)15(20)18(7-8-19)12-5-6-12/h1-4,9,12,19H,5-8H2. The van der Waals surface area contributed by atoms with Crippen molar-refractivity contribution in [2.24, 2.45) is 0 Å². The molecule has 1 aromatic carbocycles. The van der Waals surface area contributed by atoms with Crippen LogP contribution in [0.2, 0.25) is 0 Å². The Kier molecular flexibility index (Phi) is 3.98. The van der Waals surface area contributed by atoms with Crippen molar-refractivity contribution in [1.82, 2.24) is 9.88 Å². The van der Waals surface area contributed by atoms with Gasteiger partial charge in [-0.05, 0) is 37.1 Å². The van der Waals surface area contributed by atoms with Crippen LogP contribution in [0.5, 0.6) is 0 Å². The Morgan fingerprint density at radius 2 is 2.10 bits per heavy atom. The quantitative estimate of drug-likeness (QED) is 0.923. The lowest BCUT2D eigenvalue weighted by molar-refractivity contribution is 0.0702. The predicted molar refractivity (Wildman–Crippen MR) is 78.7 cm³/mol. The molecule has 1 amide bonds. The molecule has 1 saturated carbocycles. The highest BCUT2D eigenvalue weighted by molar-refractivity contribution is 7.13. The van der Waals surface area contributed by atoms with Gasteiger partial charge in [-0.15, -0.1) is 11.3 Å². The first-order chi connectivity index (χ1) is 10.2. The topological polar surface area (TPSA) is 53.4 Å². The van der Waals surface area contributed by atoms with Crippen molar-refractivity contribution in [2.45, 2.75) is 18.9 Å². The summed E-state index contributed by atoms with van der Waals surface area (Å²) >= 11 is 1.36. The van der Waals surface area contributed by atoms with Gasteiger partial charge in [-0.3, -0.25) is 4.79 Å². The first kappa shape index (κ1) is 14.2. The van der Waals surface area contributed by atoms with Crippen molar-refractivity contribution in [1.29, 1.82) is 0 Å². The van der Waals surface area contributed by atoms with Gasteiger partial charge in [0.15, 0.2) is 0 Å². The van der Waals surface area contributed by atoms with Gasteiger partial charge in [-0.1, -0.05) is 0 Å². The van der Waals surface area contributed by atoms with Crippen LogP contribution in [0.4, 0.5) is 4.39 Å². The smallest absolute Gasteiger partial charge is 0.273 e. The highest BCUT2D eigenvalue weighted by Gasteiger charge is 2.33. The van der Waals surface area contributed by atoms with Gasteiger partial charge in [0.1, 0.15) is 16.5 Å². The van der Waals surface area contributed by atoms with Crippen molar-refractivity contribution < 1.29 is 14.3 Å². The number of benzene rings is 1. The maximum atomic E-state index is 12.9. The molecule has 0 unspecified atom stereocenters. The molecule has 0 atom stereocenters. The number of hydrogen-bond donors (Lipinski definition) is 1. The maximum absolute atomic E-state index is 12.9. The van der Waals surface area contributed by atoms with Gasteiger partial charge in [-0.2, -0.15) is 0 Å². The first-order valence-corrected chi connectivity index (χ1v) is 7.70. The molecule has 3 rings (SSSR count). The number of rotatable bonds is 5. The molecule has 6 heteroatoms. The van der Waals surface area contributed by atoms with Gasteiger partial charge in [0.25, 0.3) is 5.91 Å². The van der Waals surface area contributed by atoms with Crippen LogP contribution in [-0.4, -0.2) is 40.1 Å². The Morgan fingerprint density at radius 3 is 2.71 bits per heavy atom. The van der Waals surface area contributed by atoms with Gasteiger partial charge < -0.3 is 10.0 Å². The van der Waals surface area contributed by atoms with Gasteiger partial charge >= 0.3 is 0 Å². The van der Waals surface area contributed by atoms with E-state index in [9.17, 15) is 9.18 Å². The number of aliphatic hydroxyl groups excluding tert-OH is 1. The van der Waals surface area contributed by atoms with Crippen molar-refractivity contribution >= 4 is 17.2 Å². The molecule has 1 aromatic heterocycles. The van der Waals surface area contributed by atoms with E-state index in [4.69, 9.17) is 5.11 Å². The monoisotopic (exact) mass is 306 g/mol. The van der Waals surface area contributed by atoms with E-state index >= 15 is 0 Å². The van der Waals surface area contributed by atoms with E-state index in [1.165, 1.54) is 23.5 Å². The number of amides is 1. The number of halogens is 1. The average molecular weight is 306 g/mol. The zero-order valence-corrected chi connectivity index (χ0v) is 12.1. The lowest BCUT2D eigenvalue weighted by Crippen LogP contribution is -2.35. The van der Waals surface area contributed by atoms with Gasteiger partial charge in [0, 0.05) is 23.5 Å². The molecule has 110 valence electrons. The minimum Gasteiger partial charge on any atom is -0.395 e. The Bertz CT molecular complexity index is 637. The fourth-order valence-corrected chi connectivity index (χ4v) is 2.99. The van der Waals surface area contributed by atoms with Crippen LogP contribution in [-0.2, 0) is 0 Å². The molecule has 1 heterocycles. The van der Waals surface area contributed by atoms with E-state index in [1.807, 2.05) is 0 Å². The van der Waals surface area contributed by atoms with Gasteiger partial charge in [0.2, 0.25) is 0 Å². The van der Waals surface area contributed by atoms with Crippen LogP contribution >= 0.6 is 11.3 Å². The Labute approximate surface area is 125 Å². The normalized spacial score (nSPS) is 14.2. The zero-order valence-electron chi connectivity index (χ0n) is 11.3. The fourth-order valence-electron chi connectivity index (χ4n) is 2.19. The number of carbonyl (C=O) groups is 1. The Hall–Kier alpha value is -1.79. The van der Waals surface area contributed by atoms with Crippen LogP contribution in [0.15, 0.2) is 29.6 Å². The van der Waals surface area contributed by atoms with E-state index in [1.54, 1.807) is 22.4 Å². The van der Waals surface area contributed by atoms with Crippen molar-refractivity contribution in [2.75, 3.05) is 13.2 Å². The molecule has 1 N–H and O–H groups in total. The van der Waals surface area contributed by atoms with E-state index in [0.717, 1.165) is 18.4 Å². The number of hydrogen-bond acceptors (Lipinski definition) is 4. The third kappa shape index (κ3) is 3.11. The molecule has 1 fully saturated rings. The minimum atomic E-state index is -0.297. The van der Waals surface area contributed by atoms with E-state index in [0.29, 0.717) is 17.2 Å². The van der Waals surface area contributed by atoms with E-state index in [-0.39, 0.29) is 24.4 Å². The second-order valence-corrected chi connectivity index (χ2v) is 5.86. The molecular formula is C15H15FN2O2S. The molecule has 0 saturated heterocycles. The molecule has 4 nitrogen and oxygen atoms in total. The summed E-state index contributed by atoms with van der Waals surface area (Å²) in [6.45, 7) is 0.296. The molecule has 0 bridgehead atoms. The van der Waals surface area contributed by atoms with Crippen molar-refractivity contribution in [3.05, 3.63) is 41.2 Å². The number of nitrogens with zero attached hydrogens (tertiary/aromatic N) is 2. The highest BCUT2D eigenvalue weighted by Crippen LogP contribution is 2.29. The lowest BCUT2D eigenvalue weighted by atomic mass is 10.2. The van der Waals surface area contributed by atoms with Crippen LogP contribution in [0.1, 0.15) is 23.3 Å². The van der Waals surface area contributed by atoms with Crippen LogP contribution < -0.4 is 0 Å². The fraction of sp³-hybridized carbons (Fsp3) is 0.333. The highest BCUT2D eigenvalue weighted by atomic mass is 32.1. The summed E-state index contributed by atoms with van der Waals surface area (Å²) in [6.07, 6.45) is 1.97. The molecular weight excluding hydrogens is 291 g/mol. The van der Waals surface area contributed by atoms with Gasteiger partial charge in [0.05, 0.1) is 6.61 Å². The summed E-state index contributed by atoms with van der Waals surface area (Å²) in [5.74, 6) is -0.439. The van der Waals surface area contributed by atoms with Crippen molar-refractivity contribution in [3.63, 3.8) is 0 Å². The predicted octanol–water partition coefficient (Wildman–Crippen LogP) is 2.55. The third-order valence-electron chi connectivity index (χ3n) is 3.40. The molecule has 1 aliphatic carbocycles. The summed E-state index contributed by atoms with van der Waals surface area (Å²) in [6, 6.07) is 6.28. The number of carbonyl (C=O) groups excluding carboxylic acids is 1. The third-order valence-corrected chi connectivity index (χ3v) is 4.30. The molecule has 2 aromatic rings. The SMILES string of the molecule is O=C(c1csc(-c2ccc(F)cc2)n1)N(CCO)C1CC1. The summed E-state index contributed by atoms with van der Waals surface area (Å²) in [7, 11) is 0. The summed E-state index contributed by atoms with van der Waals surface area (Å²) < 4.78 is 12.9. The summed E-state index contributed by atoms with van der Waals surface area (Å²) in [5, 5.41) is 11.5. The molecule has 0 aliphatic heterocycles. The minimum absolute atomic E-state index is 0.0444. The second kappa shape index (κ2) is 5.91. The molecule has 1 aliphatic rings. The molecule has 0 spiro atoms. The van der Waals surface area contributed by atoms with Crippen LogP contribution in [0.25, 0.3) is 10.6 Å². The second-order valence-electron chi connectivity index (χ2n) is 5.00. The summed E-state index contributed by atoms with van der Waals surface area (Å²) in [5.41, 5.74) is 1.18. The van der Waals surface area contributed by atoms with Crippen LogP contribution in [0.3, 0.4) is 0 Å². The largest absolute Gasteiger partial charge is 0.395 e. The average Bonchev–Trinajstić information content (AvgIpc) is 3.21. The number of aliphatic hydroxyl groups is 1. The van der Waals surface area contributed by atoms with E-state index in [2.05, 4.69) is 4.98 Å². The zero-order chi connectivity index (χ0) is 14.8. The molecule has 0 radical (unpaired) electrons. The maximum Gasteiger partial charge on any atom is 0.273 e. The number of thiazole rings is 1.